The Labute approximate surface area is 98.5 Å². The van der Waals surface area contributed by atoms with E-state index in [0.29, 0.717) is 12.8 Å². The minimum atomic E-state index is -1.17. The Kier molecular flexibility index (Phi) is 3.86. The summed E-state index contributed by atoms with van der Waals surface area (Å²) in [4.78, 5) is 2.24. The van der Waals surface area contributed by atoms with Crippen LogP contribution in [0.4, 0.5) is 0 Å². The molecule has 0 aliphatic carbocycles. The minimum absolute atomic E-state index is 0. The first-order chi connectivity index (χ1) is 6.13. The Balaban J connectivity index is 0.00000196. The van der Waals surface area contributed by atoms with Gasteiger partial charge in [-0.15, -0.1) is 12.4 Å². The van der Waals surface area contributed by atoms with Gasteiger partial charge in [0.05, 0.1) is 6.07 Å². The Hall–Kier alpha value is -0.300. The van der Waals surface area contributed by atoms with Gasteiger partial charge in [0.1, 0.15) is 0 Å². The lowest BCUT2D eigenvalue weighted by atomic mass is 9.72. The topological polar surface area (TPSA) is 47.3 Å². The molecule has 0 atom stereocenters. The molecule has 1 saturated heterocycles. The summed E-state index contributed by atoms with van der Waals surface area (Å²) in [5, 5.41) is 19.1. The van der Waals surface area contributed by atoms with E-state index in [1.54, 1.807) is 0 Å². The fraction of sp³-hybridized carbons (Fsp3) is 0.909. The van der Waals surface area contributed by atoms with Crippen molar-refractivity contribution in [2.75, 3.05) is 7.05 Å². The van der Waals surface area contributed by atoms with Gasteiger partial charge in [0.2, 0.25) is 0 Å². The van der Waals surface area contributed by atoms with Crippen LogP contribution in [0.3, 0.4) is 0 Å². The van der Waals surface area contributed by atoms with Crippen LogP contribution in [-0.2, 0) is 0 Å². The third-order valence-corrected chi connectivity index (χ3v) is 3.47. The van der Waals surface area contributed by atoms with Gasteiger partial charge in [-0.1, -0.05) is 0 Å². The van der Waals surface area contributed by atoms with Crippen LogP contribution in [0.2, 0.25) is 0 Å². The maximum Gasteiger partial charge on any atom is 0.154 e. The number of halogens is 1. The first-order valence-electron chi connectivity index (χ1n) is 5.01. The van der Waals surface area contributed by atoms with Gasteiger partial charge in [-0.2, -0.15) is 5.26 Å². The van der Waals surface area contributed by atoms with Crippen molar-refractivity contribution in [2.24, 2.45) is 0 Å². The zero-order valence-corrected chi connectivity index (χ0v) is 11.0. The number of nitrogens with zero attached hydrogens (tertiary/aromatic N) is 2. The first-order valence-corrected chi connectivity index (χ1v) is 5.01. The Morgan fingerprint density at radius 2 is 1.47 bits per heavy atom. The van der Waals surface area contributed by atoms with Crippen LogP contribution in [-0.4, -0.2) is 33.7 Å². The second kappa shape index (κ2) is 3.93. The average molecular weight is 233 g/mol. The van der Waals surface area contributed by atoms with Crippen LogP contribution in [0.5, 0.6) is 0 Å². The van der Waals surface area contributed by atoms with Gasteiger partial charge in [-0.3, -0.25) is 4.90 Å². The Morgan fingerprint density at radius 1 is 1.13 bits per heavy atom. The van der Waals surface area contributed by atoms with Crippen molar-refractivity contribution in [3.8, 4) is 6.07 Å². The Bertz CT molecular complexity index is 263. The fourth-order valence-corrected chi connectivity index (χ4v) is 2.63. The van der Waals surface area contributed by atoms with Gasteiger partial charge in [0.15, 0.2) is 5.60 Å². The molecule has 1 heterocycles. The highest BCUT2D eigenvalue weighted by Crippen LogP contribution is 2.41. The predicted octanol–water partition coefficient (Wildman–Crippen LogP) is 1.95. The minimum Gasteiger partial charge on any atom is -0.375 e. The van der Waals surface area contributed by atoms with Crippen molar-refractivity contribution in [3.63, 3.8) is 0 Å². The molecule has 0 saturated carbocycles. The van der Waals surface area contributed by atoms with E-state index >= 15 is 0 Å². The summed E-state index contributed by atoms with van der Waals surface area (Å²) in [5.41, 5.74) is -1.43. The lowest BCUT2D eigenvalue weighted by molar-refractivity contribution is -0.0962. The highest BCUT2D eigenvalue weighted by Gasteiger charge is 2.50. The maximum absolute atomic E-state index is 10.1. The Morgan fingerprint density at radius 3 is 1.73 bits per heavy atom. The third kappa shape index (κ3) is 2.63. The van der Waals surface area contributed by atoms with Crippen LogP contribution in [0.15, 0.2) is 0 Å². The molecule has 0 amide bonds. The van der Waals surface area contributed by atoms with Gasteiger partial charge >= 0.3 is 0 Å². The average Bonchev–Trinajstić information content (AvgIpc) is 1.99. The SMILES string of the molecule is CN1C(C)(C)CC(O)(C#N)CC1(C)C.Cl. The molecular formula is C11H21ClN2O. The second-order valence-corrected chi connectivity index (χ2v) is 5.68. The number of hydrogen-bond acceptors (Lipinski definition) is 3. The van der Waals surface area contributed by atoms with E-state index in [9.17, 15) is 5.11 Å². The van der Waals surface area contributed by atoms with Crippen molar-refractivity contribution in [1.29, 1.82) is 5.26 Å². The molecule has 0 bridgehead atoms. The molecule has 0 unspecified atom stereocenters. The molecule has 4 heteroatoms. The number of piperidine rings is 1. The van der Waals surface area contributed by atoms with Crippen LogP contribution < -0.4 is 0 Å². The molecule has 0 spiro atoms. The number of nitriles is 1. The van der Waals surface area contributed by atoms with Crippen LogP contribution in [0, 0.1) is 11.3 Å². The van der Waals surface area contributed by atoms with Crippen molar-refractivity contribution >= 4 is 12.4 Å². The largest absolute Gasteiger partial charge is 0.375 e. The van der Waals surface area contributed by atoms with Crippen LogP contribution >= 0.6 is 12.4 Å². The van der Waals surface area contributed by atoms with Crippen molar-refractivity contribution in [2.45, 2.75) is 57.2 Å². The van der Waals surface area contributed by atoms with Crippen molar-refractivity contribution < 1.29 is 5.11 Å². The van der Waals surface area contributed by atoms with Crippen LogP contribution in [0.1, 0.15) is 40.5 Å². The molecule has 0 aromatic heterocycles. The molecule has 1 N–H and O–H groups in total. The quantitative estimate of drug-likeness (QED) is 0.650. The van der Waals surface area contributed by atoms with E-state index in [-0.39, 0.29) is 23.5 Å². The summed E-state index contributed by atoms with van der Waals surface area (Å²) in [6.45, 7) is 8.26. The van der Waals surface area contributed by atoms with Gasteiger partial charge < -0.3 is 5.11 Å². The second-order valence-electron chi connectivity index (χ2n) is 5.68. The summed E-state index contributed by atoms with van der Waals surface area (Å²) >= 11 is 0. The summed E-state index contributed by atoms with van der Waals surface area (Å²) in [5.74, 6) is 0. The first kappa shape index (κ1) is 14.7. The normalized spacial score (nSPS) is 27.5. The van der Waals surface area contributed by atoms with E-state index < -0.39 is 5.60 Å². The summed E-state index contributed by atoms with van der Waals surface area (Å²) in [6, 6.07) is 2.04. The molecule has 1 aliphatic rings. The molecular weight excluding hydrogens is 212 g/mol. The zero-order valence-electron chi connectivity index (χ0n) is 10.2. The molecule has 3 nitrogen and oxygen atoms in total. The summed E-state index contributed by atoms with van der Waals surface area (Å²) in [6.07, 6.45) is 1.02. The van der Waals surface area contributed by atoms with Crippen molar-refractivity contribution in [1.82, 2.24) is 4.90 Å². The molecule has 0 aromatic rings. The molecule has 1 rings (SSSR count). The smallest absolute Gasteiger partial charge is 0.154 e. The lowest BCUT2D eigenvalue weighted by Gasteiger charge is -2.54. The lowest BCUT2D eigenvalue weighted by Crippen LogP contribution is -2.63. The molecule has 1 aliphatic heterocycles. The predicted molar refractivity (Wildman–Crippen MR) is 63.0 cm³/mol. The van der Waals surface area contributed by atoms with Gasteiger partial charge in [0.25, 0.3) is 0 Å². The maximum atomic E-state index is 10.1. The van der Waals surface area contributed by atoms with E-state index in [1.165, 1.54) is 0 Å². The highest BCUT2D eigenvalue weighted by atomic mass is 35.5. The van der Waals surface area contributed by atoms with Gasteiger partial charge in [0, 0.05) is 23.9 Å². The molecule has 0 radical (unpaired) electrons. The molecule has 88 valence electrons. The number of likely N-dealkylation sites (tertiary alicyclic amines) is 1. The highest BCUT2D eigenvalue weighted by molar-refractivity contribution is 5.85. The van der Waals surface area contributed by atoms with Gasteiger partial charge in [-0.25, -0.2) is 0 Å². The van der Waals surface area contributed by atoms with E-state index in [2.05, 4.69) is 39.6 Å². The van der Waals surface area contributed by atoms with Gasteiger partial charge in [-0.05, 0) is 34.7 Å². The van der Waals surface area contributed by atoms with E-state index in [1.807, 2.05) is 6.07 Å². The third-order valence-electron chi connectivity index (χ3n) is 3.47. The standard InChI is InChI=1S/C11H20N2O.ClH/c1-9(2)6-11(14,8-12)7-10(3,4)13(9)5;/h14H,6-7H2,1-5H3;1H. The fourth-order valence-electron chi connectivity index (χ4n) is 2.63. The summed E-state index contributed by atoms with van der Waals surface area (Å²) in [7, 11) is 2.05. The van der Waals surface area contributed by atoms with E-state index in [4.69, 9.17) is 5.26 Å². The summed E-state index contributed by atoms with van der Waals surface area (Å²) < 4.78 is 0. The zero-order chi connectivity index (χ0) is 11.2. The monoisotopic (exact) mass is 232 g/mol. The molecule has 0 aromatic carbocycles. The molecule has 15 heavy (non-hydrogen) atoms. The van der Waals surface area contributed by atoms with E-state index in [0.717, 1.165) is 0 Å². The number of rotatable bonds is 0. The van der Waals surface area contributed by atoms with Crippen molar-refractivity contribution in [3.05, 3.63) is 0 Å². The number of hydrogen-bond donors (Lipinski definition) is 1. The molecule has 1 fully saturated rings. The number of aliphatic hydroxyl groups is 1. The van der Waals surface area contributed by atoms with Crippen LogP contribution in [0.25, 0.3) is 0 Å².